The van der Waals surface area contributed by atoms with Crippen LogP contribution in [0.1, 0.15) is 46.1 Å². The molecule has 3 aromatic rings. The van der Waals surface area contributed by atoms with Crippen molar-refractivity contribution >= 4 is 27.6 Å². The maximum absolute atomic E-state index is 12.6. The maximum atomic E-state index is 12.6. The number of ether oxygens (including phenoxy) is 1. The van der Waals surface area contributed by atoms with Crippen molar-refractivity contribution in [3.8, 4) is 5.75 Å². The SMILES string of the molecule is Cc1c(OCC(=O)NC2CC(C)(C)[NH2+]C(C)(C)C2)ccc2c1oc(=O)c1ccccc12. The molecule has 2 heterocycles. The summed E-state index contributed by atoms with van der Waals surface area (Å²) in [6, 6.07) is 11.2. The molecule has 1 fully saturated rings. The zero-order valence-corrected chi connectivity index (χ0v) is 18.9. The number of benzene rings is 2. The highest BCUT2D eigenvalue weighted by Gasteiger charge is 2.42. The van der Waals surface area contributed by atoms with E-state index >= 15 is 0 Å². The predicted octanol–water partition coefficient (Wildman–Crippen LogP) is 3.03. The summed E-state index contributed by atoms with van der Waals surface area (Å²) in [5, 5.41) is 7.77. The van der Waals surface area contributed by atoms with Crippen LogP contribution in [0.4, 0.5) is 0 Å². The first kappa shape index (κ1) is 21.4. The summed E-state index contributed by atoms with van der Waals surface area (Å²) in [5.74, 6) is 0.400. The van der Waals surface area contributed by atoms with Crippen LogP contribution in [0.5, 0.6) is 5.75 Å². The first-order valence-corrected chi connectivity index (χ1v) is 10.8. The molecule has 1 saturated heterocycles. The lowest BCUT2D eigenvalue weighted by Crippen LogP contribution is -3.06. The molecule has 1 aliphatic rings. The van der Waals surface area contributed by atoms with Gasteiger partial charge in [0.2, 0.25) is 0 Å². The number of hydrogen-bond acceptors (Lipinski definition) is 4. The molecule has 0 unspecified atom stereocenters. The molecule has 0 radical (unpaired) electrons. The zero-order chi connectivity index (χ0) is 22.4. The van der Waals surface area contributed by atoms with Crippen LogP contribution in [-0.2, 0) is 4.79 Å². The molecule has 2 aromatic carbocycles. The molecule has 0 aliphatic carbocycles. The highest BCUT2D eigenvalue weighted by atomic mass is 16.5. The standard InChI is InChI=1S/C25H30N2O4/c1-15-20(11-10-18-17-8-6-7-9-19(17)23(29)31-22(15)18)30-14-21(28)26-16-12-24(2,3)27-25(4,5)13-16/h6-11,16,27H,12-14H2,1-5H3,(H,26,28)/p+1. The topological polar surface area (TPSA) is 85.2 Å². The number of hydrogen-bond donors (Lipinski definition) is 2. The molecule has 6 heteroatoms. The third-order valence-electron chi connectivity index (χ3n) is 6.04. The lowest BCUT2D eigenvalue weighted by Gasteiger charge is -2.43. The van der Waals surface area contributed by atoms with Crippen LogP contribution in [0.2, 0.25) is 0 Å². The minimum Gasteiger partial charge on any atom is -0.483 e. The summed E-state index contributed by atoms with van der Waals surface area (Å²) in [5.41, 5.74) is 0.988. The number of nitrogens with one attached hydrogen (secondary N) is 1. The van der Waals surface area contributed by atoms with Gasteiger partial charge in [-0.1, -0.05) is 18.2 Å². The number of piperidine rings is 1. The number of aryl methyl sites for hydroxylation is 1. The summed E-state index contributed by atoms with van der Waals surface area (Å²) < 4.78 is 11.4. The van der Waals surface area contributed by atoms with Gasteiger partial charge in [0.15, 0.2) is 6.61 Å². The molecular formula is C25H31N2O4+. The number of rotatable bonds is 4. The number of quaternary nitrogens is 1. The largest absolute Gasteiger partial charge is 0.483 e. The molecule has 0 spiro atoms. The second-order valence-corrected chi connectivity index (χ2v) is 10.1. The van der Waals surface area contributed by atoms with Crippen LogP contribution < -0.4 is 21.0 Å². The zero-order valence-electron chi connectivity index (χ0n) is 18.9. The Morgan fingerprint density at radius 1 is 1.06 bits per heavy atom. The average molecular weight is 424 g/mol. The van der Waals surface area contributed by atoms with Crippen LogP contribution in [0.3, 0.4) is 0 Å². The van der Waals surface area contributed by atoms with E-state index in [4.69, 9.17) is 9.15 Å². The molecular weight excluding hydrogens is 392 g/mol. The molecule has 0 atom stereocenters. The van der Waals surface area contributed by atoms with Gasteiger partial charge in [-0.05, 0) is 58.2 Å². The molecule has 0 saturated carbocycles. The number of carbonyl (C=O) groups is 1. The van der Waals surface area contributed by atoms with Crippen molar-refractivity contribution in [1.29, 1.82) is 0 Å². The van der Waals surface area contributed by atoms with Gasteiger partial charge in [-0.3, -0.25) is 4.79 Å². The Morgan fingerprint density at radius 3 is 2.39 bits per heavy atom. The molecule has 3 N–H and O–H groups in total. The van der Waals surface area contributed by atoms with Crippen LogP contribution in [0.25, 0.3) is 21.7 Å². The lowest BCUT2D eigenvalue weighted by atomic mass is 9.79. The quantitative estimate of drug-likeness (QED) is 0.499. The van der Waals surface area contributed by atoms with Crippen molar-refractivity contribution in [2.45, 2.75) is 64.6 Å². The Labute approximate surface area is 182 Å². The van der Waals surface area contributed by atoms with Crippen LogP contribution in [0.15, 0.2) is 45.6 Å². The van der Waals surface area contributed by atoms with Crippen LogP contribution >= 0.6 is 0 Å². The number of fused-ring (bicyclic) bond motifs is 3. The summed E-state index contributed by atoms with van der Waals surface area (Å²) in [7, 11) is 0. The predicted molar refractivity (Wildman–Crippen MR) is 121 cm³/mol. The second-order valence-electron chi connectivity index (χ2n) is 10.1. The van der Waals surface area contributed by atoms with Gasteiger partial charge in [0.1, 0.15) is 11.3 Å². The van der Waals surface area contributed by atoms with E-state index in [-0.39, 0.29) is 35.3 Å². The van der Waals surface area contributed by atoms with E-state index in [1.54, 1.807) is 6.07 Å². The number of carbonyl (C=O) groups excluding carboxylic acids is 1. The summed E-state index contributed by atoms with van der Waals surface area (Å²) in [6.45, 7) is 10.6. The molecule has 6 nitrogen and oxygen atoms in total. The Kier molecular flexibility index (Phi) is 5.30. The van der Waals surface area contributed by atoms with E-state index in [0.717, 1.165) is 23.6 Å². The smallest absolute Gasteiger partial charge is 0.344 e. The fraction of sp³-hybridized carbons (Fsp3) is 0.440. The Hall–Kier alpha value is -2.86. The first-order chi connectivity index (χ1) is 14.5. The van der Waals surface area contributed by atoms with E-state index < -0.39 is 0 Å². The van der Waals surface area contributed by atoms with Gasteiger partial charge in [0.25, 0.3) is 5.91 Å². The fourth-order valence-electron chi connectivity index (χ4n) is 5.25. The monoisotopic (exact) mass is 423 g/mol. The third kappa shape index (κ3) is 4.44. The highest BCUT2D eigenvalue weighted by molar-refractivity contribution is 6.05. The van der Waals surface area contributed by atoms with Crippen LogP contribution in [0, 0.1) is 6.92 Å². The van der Waals surface area contributed by atoms with Gasteiger partial charge < -0.3 is 19.8 Å². The van der Waals surface area contributed by atoms with E-state index in [1.165, 1.54) is 0 Å². The number of nitrogens with two attached hydrogens (primary N) is 1. The van der Waals surface area contributed by atoms with E-state index in [2.05, 4.69) is 38.3 Å². The van der Waals surface area contributed by atoms with Gasteiger partial charge >= 0.3 is 5.63 Å². The molecule has 1 amide bonds. The average Bonchev–Trinajstić information content (AvgIpc) is 2.66. The summed E-state index contributed by atoms with van der Waals surface area (Å²) in [6.07, 6.45) is 1.82. The minimum absolute atomic E-state index is 0.0781. The molecule has 1 aromatic heterocycles. The van der Waals surface area contributed by atoms with E-state index in [1.807, 2.05) is 37.3 Å². The first-order valence-electron chi connectivity index (χ1n) is 10.8. The van der Waals surface area contributed by atoms with Crippen molar-refractivity contribution in [2.75, 3.05) is 6.61 Å². The Bertz CT molecular complexity index is 1190. The van der Waals surface area contributed by atoms with Crippen molar-refractivity contribution in [3.05, 3.63) is 52.4 Å². The van der Waals surface area contributed by atoms with E-state index in [9.17, 15) is 9.59 Å². The molecule has 31 heavy (non-hydrogen) atoms. The lowest BCUT2D eigenvalue weighted by molar-refractivity contribution is -0.787. The van der Waals surface area contributed by atoms with Crippen molar-refractivity contribution in [3.63, 3.8) is 0 Å². The van der Waals surface area contributed by atoms with Crippen LogP contribution in [-0.4, -0.2) is 29.6 Å². The normalized spacial score (nSPS) is 18.2. The Balaban J connectivity index is 1.50. The maximum Gasteiger partial charge on any atom is 0.344 e. The van der Waals surface area contributed by atoms with Gasteiger partial charge in [-0.2, -0.15) is 0 Å². The number of amides is 1. The molecule has 4 rings (SSSR count). The Morgan fingerprint density at radius 2 is 1.71 bits per heavy atom. The third-order valence-corrected chi connectivity index (χ3v) is 6.04. The van der Waals surface area contributed by atoms with E-state index in [0.29, 0.717) is 22.3 Å². The van der Waals surface area contributed by atoms with Crippen molar-refractivity contribution in [1.82, 2.24) is 5.32 Å². The van der Waals surface area contributed by atoms with Gasteiger partial charge in [-0.25, -0.2) is 4.79 Å². The van der Waals surface area contributed by atoms with Gasteiger partial charge in [-0.15, -0.1) is 0 Å². The molecule has 0 bridgehead atoms. The minimum atomic E-state index is -0.375. The van der Waals surface area contributed by atoms with Gasteiger partial charge in [0.05, 0.1) is 16.5 Å². The fourth-order valence-corrected chi connectivity index (χ4v) is 5.25. The second kappa shape index (κ2) is 7.68. The molecule has 1 aliphatic heterocycles. The summed E-state index contributed by atoms with van der Waals surface area (Å²) >= 11 is 0. The molecule has 164 valence electrons. The summed E-state index contributed by atoms with van der Waals surface area (Å²) in [4.78, 5) is 25.0. The van der Waals surface area contributed by atoms with Crippen molar-refractivity contribution < 1.29 is 19.3 Å². The van der Waals surface area contributed by atoms with Gasteiger partial charge in [0, 0.05) is 29.8 Å². The van der Waals surface area contributed by atoms with Crippen molar-refractivity contribution in [2.24, 2.45) is 0 Å². The highest BCUT2D eigenvalue weighted by Crippen LogP contribution is 2.30.